The quantitative estimate of drug-likeness (QED) is 0.653. The zero-order valence-electron chi connectivity index (χ0n) is 16.4. The summed E-state index contributed by atoms with van der Waals surface area (Å²) in [5.74, 6) is 0.460. The monoisotopic (exact) mass is 413 g/mol. The van der Waals surface area contributed by atoms with Crippen LogP contribution in [0.25, 0.3) is 10.9 Å². The van der Waals surface area contributed by atoms with Crippen LogP contribution < -0.4 is 0 Å². The number of benzene rings is 1. The maximum absolute atomic E-state index is 13.0. The molecule has 3 heterocycles. The third-order valence-corrected chi connectivity index (χ3v) is 7.02. The summed E-state index contributed by atoms with van der Waals surface area (Å²) in [6.07, 6.45) is 2.09. The van der Waals surface area contributed by atoms with Crippen LogP contribution in [0, 0.1) is 6.92 Å². The summed E-state index contributed by atoms with van der Waals surface area (Å²) in [5.41, 5.74) is 1.14. The van der Waals surface area contributed by atoms with E-state index in [9.17, 15) is 13.2 Å². The first-order chi connectivity index (χ1) is 13.9. The number of hydrogen-bond donors (Lipinski definition) is 0. The van der Waals surface area contributed by atoms with Crippen LogP contribution in [0.2, 0.25) is 0 Å². The van der Waals surface area contributed by atoms with E-state index in [1.54, 1.807) is 29.5 Å². The number of carbonyl (C=O) groups is 1. The van der Waals surface area contributed by atoms with Gasteiger partial charge in [0.25, 0.3) is 15.9 Å². The Bertz CT molecular complexity index is 1150. The molecule has 152 valence electrons. The molecule has 9 heteroatoms. The Kier molecular flexibility index (Phi) is 5.10. The Labute approximate surface area is 169 Å². The lowest BCUT2D eigenvalue weighted by Crippen LogP contribution is -2.37. The van der Waals surface area contributed by atoms with Crippen LogP contribution in [-0.4, -0.2) is 64.2 Å². The van der Waals surface area contributed by atoms with Gasteiger partial charge in [0, 0.05) is 44.8 Å². The van der Waals surface area contributed by atoms with E-state index in [-0.39, 0.29) is 17.5 Å². The second-order valence-electron chi connectivity index (χ2n) is 7.18. The minimum Gasteiger partial charge on any atom is -0.337 e. The maximum Gasteiger partial charge on any atom is 0.272 e. The summed E-state index contributed by atoms with van der Waals surface area (Å²) in [4.78, 5) is 23.3. The minimum atomic E-state index is -3.68. The number of fused-ring (bicyclic) bond motifs is 1. The maximum atomic E-state index is 13.0. The van der Waals surface area contributed by atoms with Gasteiger partial charge in [0.1, 0.15) is 11.5 Å². The van der Waals surface area contributed by atoms with Crippen LogP contribution in [0.15, 0.2) is 47.6 Å². The molecule has 0 N–H and O–H groups in total. The Morgan fingerprint density at radius 2 is 1.79 bits per heavy atom. The third kappa shape index (κ3) is 3.75. The summed E-state index contributed by atoms with van der Waals surface area (Å²) in [7, 11) is -1.92. The number of para-hydroxylation sites is 1. The van der Waals surface area contributed by atoms with Crippen molar-refractivity contribution in [2.75, 3.05) is 26.2 Å². The molecule has 8 nitrogen and oxygen atoms in total. The Hall–Kier alpha value is -2.78. The van der Waals surface area contributed by atoms with E-state index in [1.165, 1.54) is 10.5 Å². The predicted molar refractivity (Wildman–Crippen MR) is 109 cm³/mol. The van der Waals surface area contributed by atoms with Gasteiger partial charge < -0.3 is 9.47 Å². The lowest BCUT2D eigenvalue weighted by Gasteiger charge is -2.21. The predicted octanol–water partition coefficient (Wildman–Crippen LogP) is 1.81. The summed E-state index contributed by atoms with van der Waals surface area (Å²) in [5, 5.41) is 1.02. The van der Waals surface area contributed by atoms with E-state index in [1.807, 2.05) is 30.3 Å². The fourth-order valence-corrected chi connectivity index (χ4v) is 4.96. The average Bonchev–Trinajstić information content (AvgIpc) is 2.93. The number of carbonyl (C=O) groups excluding carboxylic acids is 1. The normalized spacial score (nSPS) is 16.1. The van der Waals surface area contributed by atoms with Gasteiger partial charge in [-0.05, 0) is 25.5 Å². The van der Waals surface area contributed by atoms with Gasteiger partial charge in [-0.15, -0.1) is 0 Å². The second-order valence-corrected chi connectivity index (χ2v) is 9.06. The highest BCUT2D eigenvalue weighted by Crippen LogP contribution is 2.18. The first kappa shape index (κ1) is 19.5. The van der Waals surface area contributed by atoms with E-state index in [4.69, 9.17) is 0 Å². The molecular formula is C20H23N5O3S. The molecule has 0 atom stereocenters. The van der Waals surface area contributed by atoms with Crippen molar-refractivity contribution < 1.29 is 13.2 Å². The molecule has 0 spiro atoms. The number of amides is 1. The van der Waals surface area contributed by atoms with E-state index in [2.05, 4.69) is 9.97 Å². The van der Waals surface area contributed by atoms with Gasteiger partial charge >= 0.3 is 0 Å². The highest BCUT2D eigenvalue weighted by molar-refractivity contribution is 7.89. The smallest absolute Gasteiger partial charge is 0.272 e. The summed E-state index contributed by atoms with van der Waals surface area (Å²) < 4.78 is 29.0. The molecule has 29 heavy (non-hydrogen) atoms. The fraction of sp³-hybridized carbons (Fsp3) is 0.350. The van der Waals surface area contributed by atoms with Gasteiger partial charge in [0.15, 0.2) is 5.03 Å². The molecule has 1 aromatic carbocycles. The summed E-state index contributed by atoms with van der Waals surface area (Å²) in [6, 6.07) is 11.2. The Morgan fingerprint density at radius 3 is 2.55 bits per heavy atom. The van der Waals surface area contributed by atoms with Crippen LogP contribution in [0.5, 0.6) is 0 Å². The zero-order valence-corrected chi connectivity index (χ0v) is 17.3. The van der Waals surface area contributed by atoms with Crippen LogP contribution in [0.4, 0.5) is 0 Å². The molecule has 4 rings (SSSR count). The van der Waals surface area contributed by atoms with Crippen molar-refractivity contribution in [1.82, 2.24) is 23.7 Å². The molecule has 1 aliphatic heterocycles. The molecule has 0 saturated carbocycles. The van der Waals surface area contributed by atoms with Gasteiger partial charge in [-0.1, -0.05) is 24.3 Å². The Balaban J connectivity index is 1.51. The molecule has 3 aromatic rings. The van der Waals surface area contributed by atoms with Crippen LogP contribution >= 0.6 is 0 Å². The van der Waals surface area contributed by atoms with Gasteiger partial charge in [-0.2, -0.15) is 4.31 Å². The highest BCUT2D eigenvalue weighted by Gasteiger charge is 2.30. The lowest BCUT2D eigenvalue weighted by molar-refractivity contribution is 0.0759. The molecule has 2 aromatic heterocycles. The number of aromatic nitrogens is 3. The van der Waals surface area contributed by atoms with Gasteiger partial charge in [-0.3, -0.25) is 4.79 Å². The number of rotatable bonds is 3. The molecule has 0 bridgehead atoms. The standard InChI is InChI=1S/C20H23N5O3S/c1-15-21-19(14-23(15)2)29(27,28)25-11-5-10-24(12-13-25)20(26)18-9-8-16-6-3-4-7-17(16)22-18/h3-4,6-9,14H,5,10-13H2,1-2H3. The van der Waals surface area contributed by atoms with Crippen molar-refractivity contribution in [3.63, 3.8) is 0 Å². The van der Waals surface area contributed by atoms with Crippen molar-refractivity contribution in [2.24, 2.45) is 7.05 Å². The van der Waals surface area contributed by atoms with Crippen molar-refractivity contribution >= 4 is 26.8 Å². The Morgan fingerprint density at radius 1 is 1.00 bits per heavy atom. The molecule has 0 aliphatic carbocycles. The van der Waals surface area contributed by atoms with E-state index >= 15 is 0 Å². The van der Waals surface area contributed by atoms with Gasteiger partial charge in [0.2, 0.25) is 0 Å². The average molecular weight is 414 g/mol. The van der Waals surface area contributed by atoms with Crippen molar-refractivity contribution in [3.8, 4) is 0 Å². The number of sulfonamides is 1. The number of aryl methyl sites for hydroxylation is 2. The summed E-state index contributed by atoms with van der Waals surface area (Å²) >= 11 is 0. The topological polar surface area (TPSA) is 88.4 Å². The number of nitrogens with zero attached hydrogens (tertiary/aromatic N) is 5. The van der Waals surface area contributed by atoms with Crippen molar-refractivity contribution in [2.45, 2.75) is 18.4 Å². The molecule has 1 saturated heterocycles. The minimum absolute atomic E-state index is 0.0495. The number of pyridine rings is 1. The van der Waals surface area contributed by atoms with Crippen molar-refractivity contribution in [1.29, 1.82) is 0 Å². The van der Waals surface area contributed by atoms with Crippen LogP contribution in [0.3, 0.4) is 0 Å². The number of hydrogen-bond acceptors (Lipinski definition) is 5. The zero-order chi connectivity index (χ0) is 20.6. The van der Waals surface area contributed by atoms with Crippen molar-refractivity contribution in [3.05, 3.63) is 54.1 Å². The molecule has 1 aliphatic rings. The van der Waals surface area contributed by atoms with E-state index < -0.39 is 10.0 Å². The second kappa shape index (κ2) is 7.57. The molecule has 0 unspecified atom stereocenters. The largest absolute Gasteiger partial charge is 0.337 e. The van der Waals surface area contributed by atoms with Crippen LogP contribution in [0.1, 0.15) is 22.7 Å². The van der Waals surface area contributed by atoms with E-state index in [0.29, 0.717) is 37.6 Å². The lowest BCUT2D eigenvalue weighted by atomic mass is 10.2. The number of imidazole rings is 1. The van der Waals surface area contributed by atoms with Crippen LogP contribution in [-0.2, 0) is 17.1 Å². The first-order valence-corrected chi connectivity index (χ1v) is 11.0. The first-order valence-electron chi connectivity index (χ1n) is 9.51. The molecule has 0 radical (unpaired) electrons. The van der Waals surface area contributed by atoms with Gasteiger partial charge in [-0.25, -0.2) is 18.4 Å². The molecular weight excluding hydrogens is 390 g/mol. The highest BCUT2D eigenvalue weighted by atomic mass is 32.2. The fourth-order valence-electron chi connectivity index (χ4n) is 3.47. The molecule has 1 amide bonds. The third-order valence-electron chi connectivity index (χ3n) is 5.25. The molecule has 1 fully saturated rings. The SMILES string of the molecule is Cc1nc(S(=O)(=O)N2CCCN(C(=O)c3ccc4ccccc4n3)CC2)cn1C. The van der Waals surface area contributed by atoms with Gasteiger partial charge in [0.05, 0.1) is 5.52 Å². The van der Waals surface area contributed by atoms with E-state index in [0.717, 1.165) is 10.9 Å². The summed E-state index contributed by atoms with van der Waals surface area (Å²) in [6.45, 7) is 3.15.